The lowest BCUT2D eigenvalue weighted by atomic mass is 9.66. The molecule has 0 amide bonds. The van der Waals surface area contributed by atoms with Gasteiger partial charge in [-0.15, -0.1) is 0 Å². The van der Waals surface area contributed by atoms with Crippen LogP contribution in [0.1, 0.15) is 84.0 Å². The van der Waals surface area contributed by atoms with Gasteiger partial charge < -0.3 is 10.6 Å². The Balaban J connectivity index is 1.26. The third-order valence-corrected chi connectivity index (χ3v) is 10.5. The van der Waals surface area contributed by atoms with Crippen LogP contribution in [-0.4, -0.2) is 19.6 Å². The van der Waals surface area contributed by atoms with Gasteiger partial charge in [-0.3, -0.25) is 0 Å². The van der Waals surface area contributed by atoms with E-state index in [1.54, 1.807) is 27.9 Å². The molecule has 1 heterocycles. The standard InChI is InChI=1S/C37H50N2/c1-27(32-22-23-35(30-24-38-25-30)37-19-11-10-18-36(32)37)20-21-29(26-39-31-14-6-3-7-15-31)34-17-9-8-16-33(34)28-12-4-2-5-13-28/h3,6,8,11-12,14,16,19-21,30,32-34,36,38-39H,2,4-5,7,9-10,13,15,17-18,22-26H2,1H3/b27-20+,29-21+/t32?,33?,34-,36?/m1/s1. The molecule has 0 bridgehead atoms. The molecule has 208 valence electrons. The number of fused-ring (bicyclic) bond motifs is 1. The largest absolute Gasteiger partial charge is 0.385 e. The number of hydrogen-bond donors (Lipinski definition) is 2. The van der Waals surface area contributed by atoms with Crippen LogP contribution in [0.2, 0.25) is 0 Å². The highest BCUT2D eigenvalue weighted by Crippen LogP contribution is 2.46. The van der Waals surface area contributed by atoms with Crippen molar-refractivity contribution in [1.82, 2.24) is 10.6 Å². The van der Waals surface area contributed by atoms with Crippen molar-refractivity contribution in [3.8, 4) is 0 Å². The van der Waals surface area contributed by atoms with Crippen LogP contribution in [0.3, 0.4) is 0 Å². The average molecular weight is 523 g/mol. The van der Waals surface area contributed by atoms with E-state index in [-0.39, 0.29) is 0 Å². The molecule has 0 aromatic rings. The molecule has 1 aliphatic heterocycles. The number of rotatable bonds is 8. The Hall–Kier alpha value is -2.32. The zero-order chi connectivity index (χ0) is 26.4. The molecule has 2 heteroatoms. The van der Waals surface area contributed by atoms with Crippen molar-refractivity contribution in [3.63, 3.8) is 0 Å². The molecule has 5 aliphatic carbocycles. The second kappa shape index (κ2) is 12.9. The van der Waals surface area contributed by atoms with E-state index < -0.39 is 0 Å². The zero-order valence-electron chi connectivity index (χ0n) is 24.3. The lowest BCUT2D eigenvalue weighted by Crippen LogP contribution is -2.44. The second-order valence-corrected chi connectivity index (χ2v) is 12.9. The summed E-state index contributed by atoms with van der Waals surface area (Å²) < 4.78 is 0. The van der Waals surface area contributed by atoms with E-state index in [0.717, 1.165) is 31.2 Å². The molecule has 0 saturated carbocycles. The first-order valence-corrected chi connectivity index (χ1v) is 16.2. The van der Waals surface area contributed by atoms with Gasteiger partial charge in [-0.05, 0) is 119 Å². The maximum Gasteiger partial charge on any atom is 0.0363 e. The minimum Gasteiger partial charge on any atom is -0.385 e. The Morgan fingerprint density at radius 1 is 0.923 bits per heavy atom. The monoisotopic (exact) mass is 522 g/mol. The molecule has 1 fully saturated rings. The number of hydrogen-bond acceptors (Lipinski definition) is 2. The van der Waals surface area contributed by atoms with Gasteiger partial charge in [0.2, 0.25) is 0 Å². The van der Waals surface area contributed by atoms with Crippen LogP contribution in [0, 0.1) is 29.6 Å². The van der Waals surface area contributed by atoms with Crippen molar-refractivity contribution in [2.75, 3.05) is 19.6 Å². The fourth-order valence-corrected chi connectivity index (χ4v) is 8.14. The van der Waals surface area contributed by atoms with E-state index in [9.17, 15) is 0 Å². The van der Waals surface area contributed by atoms with Crippen molar-refractivity contribution in [2.45, 2.75) is 84.0 Å². The molecule has 6 rings (SSSR count). The fourth-order valence-electron chi connectivity index (χ4n) is 8.14. The van der Waals surface area contributed by atoms with Crippen LogP contribution in [-0.2, 0) is 0 Å². The molecule has 3 unspecified atom stereocenters. The molecule has 4 atom stereocenters. The molecule has 6 aliphatic rings. The smallest absolute Gasteiger partial charge is 0.0363 e. The van der Waals surface area contributed by atoms with Crippen LogP contribution in [0.5, 0.6) is 0 Å². The van der Waals surface area contributed by atoms with E-state index >= 15 is 0 Å². The average Bonchev–Trinajstić information content (AvgIpc) is 2.97. The molecule has 2 nitrogen and oxygen atoms in total. The Bertz CT molecular complexity index is 1130. The van der Waals surface area contributed by atoms with E-state index in [1.807, 2.05) is 0 Å². The highest BCUT2D eigenvalue weighted by Gasteiger charge is 2.36. The summed E-state index contributed by atoms with van der Waals surface area (Å²) in [5, 5.41) is 7.38. The van der Waals surface area contributed by atoms with Crippen molar-refractivity contribution >= 4 is 0 Å². The molecular formula is C37H50N2. The van der Waals surface area contributed by atoms with Crippen LogP contribution in [0.4, 0.5) is 0 Å². The van der Waals surface area contributed by atoms with E-state index in [1.165, 1.54) is 83.0 Å². The minimum absolute atomic E-state index is 0.590. The van der Waals surface area contributed by atoms with Crippen LogP contribution in [0.15, 0.2) is 94.3 Å². The van der Waals surface area contributed by atoms with E-state index in [0.29, 0.717) is 17.8 Å². The molecule has 0 spiro atoms. The summed E-state index contributed by atoms with van der Waals surface area (Å²) in [6.07, 6.45) is 39.7. The first kappa shape index (κ1) is 26.9. The molecule has 0 aromatic carbocycles. The fraction of sp³-hybridized carbons (Fsp3) is 0.568. The molecule has 1 saturated heterocycles. The predicted octanol–water partition coefficient (Wildman–Crippen LogP) is 8.66. The van der Waals surface area contributed by atoms with Gasteiger partial charge in [-0.25, -0.2) is 0 Å². The first-order chi connectivity index (χ1) is 19.3. The second-order valence-electron chi connectivity index (χ2n) is 12.9. The predicted molar refractivity (Wildman–Crippen MR) is 166 cm³/mol. The van der Waals surface area contributed by atoms with E-state index in [2.05, 4.69) is 78.3 Å². The topological polar surface area (TPSA) is 24.1 Å². The molecule has 0 radical (unpaired) electrons. The summed E-state index contributed by atoms with van der Waals surface area (Å²) >= 11 is 0. The van der Waals surface area contributed by atoms with Crippen LogP contribution >= 0.6 is 0 Å². The zero-order valence-corrected chi connectivity index (χ0v) is 24.3. The van der Waals surface area contributed by atoms with Crippen LogP contribution in [0.25, 0.3) is 0 Å². The SMILES string of the molecule is C/C(=C\C=C(/CNC1=CC=CCC1)[C@H]1CCC=CC1C1=CCCCC1)C1CCC(C2CNC2)=C2C=CCCC21. The number of nitrogens with one attached hydrogen (secondary N) is 2. The van der Waals surface area contributed by atoms with E-state index in [4.69, 9.17) is 0 Å². The lowest BCUT2D eigenvalue weighted by molar-refractivity contribution is 0.317. The molecule has 2 N–H and O–H groups in total. The summed E-state index contributed by atoms with van der Waals surface area (Å²) in [6.45, 7) is 5.80. The third kappa shape index (κ3) is 6.22. The van der Waals surface area contributed by atoms with Gasteiger partial charge in [0.15, 0.2) is 0 Å². The minimum atomic E-state index is 0.590. The summed E-state index contributed by atoms with van der Waals surface area (Å²) in [5.41, 5.74) is 9.83. The van der Waals surface area contributed by atoms with Gasteiger partial charge in [0.05, 0.1) is 0 Å². The van der Waals surface area contributed by atoms with Crippen molar-refractivity contribution in [1.29, 1.82) is 0 Å². The summed E-state index contributed by atoms with van der Waals surface area (Å²) in [4.78, 5) is 0. The summed E-state index contributed by atoms with van der Waals surface area (Å²) in [6, 6.07) is 0. The summed E-state index contributed by atoms with van der Waals surface area (Å²) in [5.74, 6) is 3.42. The highest BCUT2D eigenvalue weighted by molar-refractivity contribution is 5.39. The Labute approximate surface area is 237 Å². The number of allylic oxidation sites excluding steroid dienone is 14. The van der Waals surface area contributed by atoms with Crippen molar-refractivity contribution < 1.29 is 0 Å². The van der Waals surface area contributed by atoms with Gasteiger partial charge in [-0.1, -0.05) is 71.4 Å². The molecule has 39 heavy (non-hydrogen) atoms. The van der Waals surface area contributed by atoms with Gasteiger partial charge >= 0.3 is 0 Å². The van der Waals surface area contributed by atoms with Gasteiger partial charge in [0, 0.05) is 37.2 Å². The normalized spacial score (nSPS) is 31.9. The van der Waals surface area contributed by atoms with Gasteiger partial charge in [0.25, 0.3) is 0 Å². The Morgan fingerprint density at radius 2 is 1.85 bits per heavy atom. The quantitative estimate of drug-likeness (QED) is 0.246. The first-order valence-electron chi connectivity index (χ1n) is 16.2. The highest BCUT2D eigenvalue weighted by atomic mass is 14.9. The third-order valence-electron chi connectivity index (χ3n) is 10.5. The van der Waals surface area contributed by atoms with Crippen molar-refractivity contribution in [2.24, 2.45) is 29.6 Å². The van der Waals surface area contributed by atoms with Gasteiger partial charge in [0.1, 0.15) is 0 Å². The maximum absolute atomic E-state index is 3.87. The molecule has 0 aromatic heterocycles. The maximum atomic E-state index is 3.87. The lowest BCUT2D eigenvalue weighted by Gasteiger charge is -2.41. The van der Waals surface area contributed by atoms with Crippen LogP contribution < -0.4 is 10.6 Å². The Kier molecular flexibility index (Phi) is 8.89. The van der Waals surface area contributed by atoms with Crippen molar-refractivity contribution in [3.05, 3.63) is 94.3 Å². The van der Waals surface area contributed by atoms with Gasteiger partial charge in [-0.2, -0.15) is 0 Å². The Morgan fingerprint density at radius 3 is 2.64 bits per heavy atom. The molecular weight excluding hydrogens is 472 g/mol. The summed E-state index contributed by atoms with van der Waals surface area (Å²) in [7, 11) is 0.